The summed E-state index contributed by atoms with van der Waals surface area (Å²) in [6.45, 7) is 0.536. The molecule has 0 unspecified atom stereocenters. The number of aromatic carboxylic acids is 1. The van der Waals surface area contributed by atoms with Crippen LogP contribution >= 0.6 is 11.5 Å². The largest absolute Gasteiger partial charge is 0.478 e. The second-order valence-corrected chi connectivity index (χ2v) is 4.76. The van der Waals surface area contributed by atoms with Gasteiger partial charge in [-0.1, -0.05) is 4.49 Å². The maximum Gasteiger partial charge on any atom is 0.335 e. The Morgan fingerprint density at radius 2 is 2.21 bits per heavy atom. The number of rotatable bonds is 2. The number of anilines is 1. The van der Waals surface area contributed by atoms with Crippen LogP contribution < -0.4 is 4.90 Å². The number of amides is 1. The summed E-state index contributed by atoms with van der Waals surface area (Å²) in [5.41, 5.74) is 2.18. The molecule has 0 bridgehead atoms. The summed E-state index contributed by atoms with van der Waals surface area (Å²) in [6.07, 6.45) is 0.653. The van der Waals surface area contributed by atoms with Crippen LogP contribution in [-0.2, 0) is 6.42 Å². The minimum absolute atomic E-state index is 0.199. The number of carboxylic acids is 1. The third kappa shape index (κ3) is 1.97. The molecule has 19 heavy (non-hydrogen) atoms. The van der Waals surface area contributed by atoms with Crippen molar-refractivity contribution >= 4 is 29.1 Å². The van der Waals surface area contributed by atoms with Crippen LogP contribution in [0.5, 0.6) is 0 Å². The van der Waals surface area contributed by atoms with Crippen LogP contribution in [0, 0.1) is 0 Å². The van der Waals surface area contributed by atoms with Crippen LogP contribution in [-0.4, -0.2) is 33.1 Å². The number of hydrogen-bond donors (Lipinski definition) is 1. The van der Waals surface area contributed by atoms with E-state index in [4.69, 9.17) is 5.11 Å². The summed E-state index contributed by atoms with van der Waals surface area (Å²) in [5.74, 6) is -1.16. The van der Waals surface area contributed by atoms with E-state index in [1.54, 1.807) is 22.4 Å². The highest BCUT2D eigenvalue weighted by Crippen LogP contribution is 2.30. The first-order chi connectivity index (χ1) is 9.16. The van der Waals surface area contributed by atoms with Gasteiger partial charge in [0, 0.05) is 17.6 Å². The van der Waals surface area contributed by atoms with E-state index in [2.05, 4.69) is 9.59 Å². The Hall–Kier alpha value is -2.28. The Morgan fingerprint density at radius 1 is 1.37 bits per heavy atom. The average molecular weight is 275 g/mol. The minimum Gasteiger partial charge on any atom is -0.478 e. The molecule has 7 heteroatoms. The highest BCUT2D eigenvalue weighted by atomic mass is 32.1. The van der Waals surface area contributed by atoms with Crippen molar-refractivity contribution in [3.63, 3.8) is 0 Å². The van der Waals surface area contributed by atoms with Gasteiger partial charge < -0.3 is 10.0 Å². The van der Waals surface area contributed by atoms with Gasteiger partial charge in [-0.25, -0.2) is 4.79 Å². The molecule has 0 radical (unpaired) electrons. The predicted octanol–water partition coefficient (Wildman–Crippen LogP) is 1.44. The Balaban J connectivity index is 1.94. The van der Waals surface area contributed by atoms with E-state index in [0.29, 0.717) is 18.7 Å². The van der Waals surface area contributed by atoms with Gasteiger partial charge in [-0.3, -0.25) is 4.79 Å². The molecule has 1 aromatic heterocycles. The second kappa shape index (κ2) is 4.43. The highest BCUT2D eigenvalue weighted by Gasteiger charge is 2.27. The Labute approximate surface area is 112 Å². The summed E-state index contributed by atoms with van der Waals surface area (Å²) in [6, 6.07) is 4.79. The maximum absolute atomic E-state index is 12.2. The second-order valence-electron chi connectivity index (χ2n) is 4.15. The van der Waals surface area contributed by atoms with E-state index in [0.717, 1.165) is 22.8 Å². The summed E-state index contributed by atoms with van der Waals surface area (Å²) in [5, 5.41) is 14.3. The molecule has 0 spiro atoms. The van der Waals surface area contributed by atoms with Crippen molar-refractivity contribution in [2.45, 2.75) is 6.42 Å². The van der Waals surface area contributed by atoms with Crippen molar-refractivity contribution < 1.29 is 14.7 Å². The Bertz CT molecular complexity index is 654. The number of aromatic nitrogens is 2. The smallest absolute Gasteiger partial charge is 0.335 e. The van der Waals surface area contributed by atoms with Gasteiger partial charge in [0.15, 0.2) is 5.69 Å². The van der Waals surface area contributed by atoms with Crippen LogP contribution in [0.4, 0.5) is 5.69 Å². The molecule has 2 aromatic rings. The number of fused-ring (bicyclic) bond motifs is 1. The number of carbonyl (C=O) groups is 2. The molecular formula is C12H9N3O3S. The molecule has 1 aromatic carbocycles. The lowest BCUT2D eigenvalue weighted by Crippen LogP contribution is -2.29. The summed E-state index contributed by atoms with van der Waals surface area (Å²) in [4.78, 5) is 24.7. The molecule has 0 fully saturated rings. The van der Waals surface area contributed by atoms with E-state index in [-0.39, 0.29) is 11.5 Å². The van der Waals surface area contributed by atoms with Gasteiger partial charge in [0.1, 0.15) is 0 Å². The van der Waals surface area contributed by atoms with Crippen LogP contribution in [0.25, 0.3) is 0 Å². The van der Waals surface area contributed by atoms with Crippen LogP contribution in [0.15, 0.2) is 23.6 Å². The lowest BCUT2D eigenvalue weighted by Gasteiger charge is -2.15. The zero-order valence-corrected chi connectivity index (χ0v) is 10.6. The minimum atomic E-state index is -0.962. The molecule has 96 valence electrons. The van der Waals surface area contributed by atoms with Crippen molar-refractivity contribution in [3.05, 3.63) is 40.4 Å². The normalized spacial score (nSPS) is 13.4. The molecule has 1 aliphatic heterocycles. The average Bonchev–Trinajstić information content (AvgIpc) is 3.06. The number of hydrogen-bond acceptors (Lipinski definition) is 5. The molecule has 1 aliphatic rings. The van der Waals surface area contributed by atoms with Gasteiger partial charge in [-0.15, -0.1) is 5.10 Å². The fraction of sp³-hybridized carbons (Fsp3) is 0.167. The third-order valence-electron chi connectivity index (χ3n) is 3.05. The quantitative estimate of drug-likeness (QED) is 0.896. The fourth-order valence-corrected chi connectivity index (χ4v) is 2.57. The molecule has 0 saturated carbocycles. The maximum atomic E-state index is 12.2. The topological polar surface area (TPSA) is 83.4 Å². The molecule has 0 saturated heterocycles. The molecular weight excluding hydrogens is 266 g/mol. The van der Waals surface area contributed by atoms with E-state index >= 15 is 0 Å². The summed E-state index contributed by atoms with van der Waals surface area (Å²) < 4.78 is 3.67. The zero-order chi connectivity index (χ0) is 13.4. The van der Waals surface area contributed by atoms with Gasteiger partial charge in [-0.05, 0) is 41.7 Å². The first-order valence-corrected chi connectivity index (χ1v) is 6.45. The molecule has 2 heterocycles. The van der Waals surface area contributed by atoms with Crippen molar-refractivity contribution in [3.8, 4) is 0 Å². The molecule has 0 atom stereocenters. The number of carboxylic acid groups (broad SMARTS) is 1. The van der Waals surface area contributed by atoms with Crippen molar-refractivity contribution in [2.75, 3.05) is 11.4 Å². The van der Waals surface area contributed by atoms with E-state index < -0.39 is 5.97 Å². The third-order valence-corrected chi connectivity index (χ3v) is 3.55. The van der Waals surface area contributed by atoms with Crippen LogP contribution in [0.1, 0.15) is 26.4 Å². The molecule has 3 rings (SSSR count). The van der Waals surface area contributed by atoms with E-state index in [9.17, 15) is 9.59 Å². The summed E-state index contributed by atoms with van der Waals surface area (Å²) >= 11 is 1.13. The Kier molecular flexibility index (Phi) is 2.75. The van der Waals surface area contributed by atoms with E-state index in [1.165, 1.54) is 6.07 Å². The lowest BCUT2D eigenvalue weighted by atomic mass is 10.1. The molecule has 1 amide bonds. The molecule has 1 N–H and O–H groups in total. The first-order valence-electron chi connectivity index (χ1n) is 5.62. The van der Waals surface area contributed by atoms with Gasteiger partial charge >= 0.3 is 5.97 Å². The highest BCUT2D eigenvalue weighted by molar-refractivity contribution is 7.03. The van der Waals surface area contributed by atoms with Gasteiger partial charge in [0.25, 0.3) is 5.91 Å². The molecule has 0 aliphatic carbocycles. The van der Waals surface area contributed by atoms with Crippen LogP contribution in [0.2, 0.25) is 0 Å². The lowest BCUT2D eigenvalue weighted by molar-refractivity contribution is 0.0696. The van der Waals surface area contributed by atoms with Gasteiger partial charge in [-0.2, -0.15) is 0 Å². The number of nitrogens with zero attached hydrogens (tertiary/aromatic N) is 3. The zero-order valence-electron chi connectivity index (χ0n) is 9.74. The number of carbonyl (C=O) groups excluding carboxylic acids is 1. The summed E-state index contributed by atoms with van der Waals surface area (Å²) in [7, 11) is 0. The standard InChI is InChI=1S/C12H9N3O3S/c16-11(9-6-19-14-13-9)15-4-3-7-5-8(12(17)18)1-2-10(7)15/h1-2,5-6H,3-4H2,(H,17,18). The SMILES string of the molecule is O=C(O)c1ccc2c(c1)CCN2C(=O)c1csnn1. The van der Waals surface area contributed by atoms with Crippen molar-refractivity contribution in [2.24, 2.45) is 0 Å². The number of benzene rings is 1. The fourth-order valence-electron chi connectivity index (χ4n) is 2.14. The van der Waals surface area contributed by atoms with Crippen LogP contribution in [0.3, 0.4) is 0 Å². The monoisotopic (exact) mass is 275 g/mol. The molecule has 6 nitrogen and oxygen atoms in total. The Morgan fingerprint density at radius 3 is 2.89 bits per heavy atom. The van der Waals surface area contributed by atoms with E-state index in [1.807, 2.05) is 0 Å². The van der Waals surface area contributed by atoms with Crippen molar-refractivity contribution in [1.29, 1.82) is 0 Å². The van der Waals surface area contributed by atoms with Gasteiger partial charge in [0.05, 0.1) is 5.56 Å². The van der Waals surface area contributed by atoms with Gasteiger partial charge in [0.2, 0.25) is 0 Å². The predicted molar refractivity (Wildman–Crippen MR) is 68.7 cm³/mol. The first kappa shape index (κ1) is 11.8. The van der Waals surface area contributed by atoms with Crippen molar-refractivity contribution in [1.82, 2.24) is 9.59 Å².